The van der Waals surface area contributed by atoms with Crippen LogP contribution >= 0.6 is 0 Å². The summed E-state index contributed by atoms with van der Waals surface area (Å²) in [7, 11) is -4.02. The van der Waals surface area contributed by atoms with Crippen LogP contribution in [0.15, 0.2) is 54.9 Å². The Hall–Kier alpha value is -3.77. The Balaban J connectivity index is 1.32. The lowest BCUT2D eigenvalue weighted by Crippen LogP contribution is -2.43. The van der Waals surface area contributed by atoms with Gasteiger partial charge in [0.15, 0.2) is 9.84 Å². The van der Waals surface area contributed by atoms with Gasteiger partial charge in [-0.3, -0.25) is 0 Å². The standard InChI is InChI=1S/C31H32F3N5O3S/c1-19-6-7-22-23(8-9-26(32)25(22)18-43(40,41)17-20-10-12-31(20,33)34)28(19)42-29-24(5-3-14-36-29)27-11-15-37-30(39-27)38-21-4-2-13-35-16-21/h3,5-9,11,14-15,20-21,35H,2,4,10,12-13,16-18H2,1H3,(H,37,38,39)/t20-,21-/m0/s1. The first-order valence-corrected chi connectivity index (χ1v) is 16.1. The number of halogens is 3. The van der Waals surface area contributed by atoms with Crippen molar-refractivity contribution < 1.29 is 26.3 Å². The molecule has 0 amide bonds. The fourth-order valence-corrected chi connectivity index (χ4v) is 7.54. The molecule has 226 valence electrons. The van der Waals surface area contributed by atoms with Gasteiger partial charge in [-0.2, -0.15) is 0 Å². The van der Waals surface area contributed by atoms with Crippen molar-refractivity contribution in [2.45, 2.75) is 50.3 Å². The minimum atomic E-state index is -4.02. The summed E-state index contributed by atoms with van der Waals surface area (Å²) in [6, 6.07) is 11.6. The van der Waals surface area contributed by atoms with Crippen molar-refractivity contribution in [1.82, 2.24) is 20.3 Å². The molecule has 8 nitrogen and oxygen atoms in total. The molecule has 2 aliphatic rings. The maximum Gasteiger partial charge on any atom is 0.251 e. The van der Waals surface area contributed by atoms with Crippen LogP contribution in [-0.2, 0) is 15.6 Å². The highest BCUT2D eigenvalue weighted by atomic mass is 32.2. The van der Waals surface area contributed by atoms with Crippen LogP contribution in [0, 0.1) is 18.7 Å². The summed E-state index contributed by atoms with van der Waals surface area (Å²) in [5.74, 6) is -5.22. The molecule has 1 saturated carbocycles. The van der Waals surface area contributed by atoms with Crippen molar-refractivity contribution >= 4 is 26.6 Å². The van der Waals surface area contributed by atoms with E-state index >= 15 is 4.39 Å². The third kappa shape index (κ3) is 6.30. The van der Waals surface area contributed by atoms with Crippen LogP contribution in [0.2, 0.25) is 0 Å². The summed E-state index contributed by atoms with van der Waals surface area (Å²) in [5.41, 5.74) is 1.84. The van der Waals surface area contributed by atoms with Crippen LogP contribution in [0.3, 0.4) is 0 Å². The molecular formula is C31H32F3N5O3S. The molecule has 0 bridgehead atoms. The van der Waals surface area contributed by atoms with E-state index in [4.69, 9.17) is 9.72 Å². The minimum Gasteiger partial charge on any atom is -0.437 e. The van der Waals surface area contributed by atoms with E-state index in [1.165, 1.54) is 12.1 Å². The van der Waals surface area contributed by atoms with Gasteiger partial charge in [0.1, 0.15) is 11.6 Å². The molecule has 0 spiro atoms. The van der Waals surface area contributed by atoms with Crippen molar-refractivity contribution in [3.05, 3.63) is 71.8 Å². The molecule has 0 radical (unpaired) electrons. The molecule has 12 heteroatoms. The lowest BCUT2D eigenvalue weighted by Gasteiger charge is -2.35. The smallest absolute Gasteiger partial charge is 0.251 e. The van der Waals surface area contributed by atoms with Gasteiger partial charge in [0.2, 0.25) is 11.8 Å². The summed E-state index contributed by atoms with van der Waals surface area (Å²) in [5, 5.41) is 7.54. The fourth-order valence-electron chi connectivity index (χ4n) is 5.66. The van der Waals surface area contributed by atoms with Gasteiger partial charge in [0.25, 0.3) is 5.92 Å². The van der Waals surface area contributed by atoms with Gasteiger partial charge in [0.05, 0.1) is 22.8 Å². The highest BCUT2D eigenvalue weighted by molar-refractivity contribution is 7.90. The second-order valence-corrected chi connectivity index (χ2v) is 13.4. The zero-order chi connectivity index (χ0) is 30.2. The Morgan fingerprint density at radius 2 is 1.91 bits per heavy atom. The maximum absolute atomic E-state index is 15.1. The third-order valence-electron chi connectivity index (χ3n) is 8.18. The topological polar surface area (TPSA) is 106 Å². The largest absolute Gasteiger partial charge is 0.437 e. The van der Waals surface area contributed by atoms with Crippen LogP contribution in [0.5, 0.6) is 11.6 Å². The summed E-state index contributed by atoms with van der Waals surface area (Å²) in [6.45, 7) is 3.64. The second kappa shape index (κ2) is 11.7. The number of ether oxygens (including phenoxy) is 1. The van der Waals surface area contributed by atoms with Gasteiger partial charge in [-0.1, -0.05) is 12.1 Å². The van der Waals surface area contributed by atoms with Gasteiger partial charge in [-0.05, 0) is 74.0 Å². The van der Waals surface area contributed by atoms with Gasteiger partial charge in [-0.25, -0.2) is 36.5 Å². The Kier molecular flexibility index (Phi) is 7.99. The molecule has 1 aliphatic carbocycles. The van der Waals surface area contributed by atoms with Gasteiger partial charge in [-0.15, -0.1) is 0 Å². The predicted octanol–water partition coefficient (Wildman–Crippen LogP) is 6.06. The highest BCUT2D eigenvalue weighted by Gasteiger charge is 2.49. The number of anilines is 1. The van der Waals surface area contributed by atoms with E-state index in [-0.39, 0.29) is 30.3 Å². The molecule has 3 heterocycles. The summed E-state index contributed by atoms with van der Waals surface area (Å²) < 4.78 is 74.9. The molecule has 6 rings (SSSR count). The zero-order valence-corrected chi connectivity index (χ0v) is 24.4. The number of alkyl halides is 2. The quantitative estimate of drug-likeness (QED) is 0.236. The number of aryl methyl sites for hydroxylation is 1. The van der Waals surface area contributed by atoms with Crippen LogP contribution in [0.25, 0.3) is 22.0 Å². The first-order valence-electron chi connectivity index (χ1n) is 14.3. The molecule has 2 N–H and O–H groups in total. The van der Waals surface area contributed by atoms with Crippen molar-refractivity contribution in [3.63, 3.8) is 0 Å². The first kappa shape index (κ1) is 29.3. The Labute approximate surface area is 248 Å². The molecule has 2 fully saturated rings. The molecule has 2 atom stereocenters. The second-order valence-electron chi connectivity index (χ2n) is 11.3. The van der Waals surface area contributed by atoms with E-state index in [9.17, 15) is 17.2 Å². The lowest BCUT2D eigenvalue weighted by atomic mass is 9.82. The molecule has 2 aromatic heterocycles. The van der Waals surface area contributed by atoms with Crippen LogP contribution in [-0.4, -0.2) is 54.2 Å². The predicted molar refractivity (Wildman–Crippen MR) is 159 cm³/mol. The Morgan fingerprint density at radius 3 is 2.65 bits per heavy atom. The van der Waals surface area contributed by atoms with E-state index in [2.05, 4.69) is 20.6 Å². The molecular weight excluding hydrogens is 579 g/mol. The van der Waals surface area contributed by atoms with E-state index in [1.54, 1.807) is 36.7 Å². The molecule has 2 aromatic carbocycles. The van der Waals surface area contributed by atoms with Gasteiger partial charge >= 0.3 is 0 Å². The number of nitrogens with zero attached hydrogens (tertiary/aromatic N) is 3. The van der Waals surface area contributed by atoms with Crippen molar-refractivity contribution in [1.29, 1.82) is 0 Å². The van der Waals surface area contributed by atoms with Gasteiger partial charge in [0, 0.05) is 48.3 Å². The Morgan fingerprint density at radius 1 is 1.07 bits per heavy atom. The van der Waals surface area contributed by atoms with E-state index in [1.807, 2.05) is 13.0 Å². The number of piperidine rings is 1. The molecule has 4 aromatic rings. The average Bonchev–Trinajstić information content (AvgIpc) is 2.99. The average molecular weight is 612 g/mol. The van der Waals surface area contributed by atoms with Crippen molar-refractivity contribution in [2.75, 3.05) is 24.2 Å². The third-order valence-corrected chi connectivity index (χ3v) is 9.82. The first-order chi connectivity index (χ1) is 20.6. The SMILES string of the molecule is Cc1ccc2c(CS(=O)(=O)C[C@@H]3CCC3(F)F)c(F)ccc2c1Oc1ncccc1-c1ccnc(N[C@H]2CCCNC2)n1. The van der Waals surface area contributed by atoms with Crippen LogP contribution in [0.4, 0.5) is 19.1 Å². The summed E-state index contributed by atoms with van der Waals surface area (Å²) in [4.78, 5) is 13.5. The fraction of sp³-hybridized carbons (Fsp3) is 0.387. The van der Waals surface area contributed by atoms with Crippen LogP contribution < -0.4 is 15.4 Å². The molecule has 43 heavy (non-hydrogen) atoms. The summed E-state index contributed by atoms with van der Waals surface area (Å²) >= 11 is 0. The normalized spacial score (nSPS) is 20.0. The highest BCUT2D eigenvalue weighted by Crippen LogP contribution is 2.45. The minimum absolute atomic E-state index is 0.0741. The van der Waals surface area contributed by atoms with Crippen LogP contribution in [0.1, 0.15) is 36.8 Å². The number of pyridine rings is 1. The number of rotatable bonds is 9. The van der Waals surface area contributed by atoms with E-state index in [0.29, 0.717) is 39.3 Å². The van der Waals surface area contributed by atoms with E-state index < -0.39 is 39.0 Å². The number of hydrogen-bond acceptors (Lipinski definition) is 8. The van der Waals surface area contributed by atoms with Crippen molar-refractivity contribution in [2.24, 2.45) is 5.92 Å². The monoisotopic (exact) mass is 611 g/mol. The number of fused-ring (bicyclic) bond motifs is 1. The molecule has 1 aliphatic heterocycles. The van der Waals surface area contributed by atoms with Crippen molar-refractivity contribution in [3.8, 4) is 22.9 Å². The number of sulfone groups is 1. The number of nitrogens with one attached hydrogen (secondary N) is 2. The zero-order valence-electron chi connectivity index (χ0n) is 23.6. The Bertz CT molecular complexity index is 1760. The number of benzene rings is 2. The van der Waals surface area contributed by atoms with Gasteiger partial charge < -0.3 is 15.4 Å². The molecule has 1 saturated heterocycles. The molecule has 0 unspecified atom stereocenters. The number of aromatic nitrogens is 3. The maximum atomic E-state index is 15.1. The van der Waals surface area contributed by atoms with E-state index in [0.717, 1.165) is 25.9 Å². The summed E-state index contributed by atoms with van der Waals surface area (Å²) in [6.07, 6.45) is 5.14. The number of hydrogen-bond donors (Lipinski definition) is 2. The lowest BCUT2D eigenvalue weighted by molar-refractivity contribution is -0.122.